The van der Waals surface area contributed by atoms with Crippen molar-refractivity contribution in [3.8, 4) is 0 Å². The van der Waals surface area contributed by atoms with E-state index in [1.807, 2.05) is 25.1 Å². The van der Waals surface area contributed by atoms with Crippen LogP contribution in [0.3, 0.4) is 0 Å². The van der Waals surface area contributed by atoms with E-state index in [1.54, 1.807) is 24.4 Å². The van der Waals surface area contributed by atoms with Crippen LogP contribution < -0.4 is 10.9 Å². The topological polar surface area (TPSA) is 89.3 Å². The molecule has 1 amide bonds. The summed E-state index contributed by atoms with van der Waals surface area (Å²) in [6.45, 7) is 1.92. The second-order valence-electron chi connectivity index (χ2n) is 6.10. The van der Waals surface area contributed by atoms with E-state index in [0.717, 1.165) is 10.0 Å². The highest BCUT2D eigenvalue weighted by Crippen LogP contribution is 2.28. The average molecular weight is 488 g/mol. The number of aryl methyl sites for hydroxylation is 1. The summed E-state index contributed by atoms with van der Waals surface area (Å²) in [6.07, 6.45) is 1.71. The number of aromatic nitrogens is 4. The summed E-state index contributed by atoms with van der Waals surface area (Å²) < 4.78 is 3.04. The molecule has 0 aliphatic rings. The maximum Gasteiger partial charge on any atom is 0.258 e. The van der Waals surface area contributed by atoms with Crippen molar-refractivity contribution >= 4 is 55.7 Å². The highest BCUT2D eigenvalue weighted by molar-refractivity contribution is 9.10. The minimum atomic E-state index is -0.251. The van der Waals surface area contributed by atoms with E-state index in [-0.39, 0.29) is 11.5 Å². The largest absolute Gasteiger partial charge is 0.296 e. The van der Waals surface area contributed by atoms with E-state index in [1.165, 1.54) is 33.6 Å². The van der Waals surface area contributed by atoms with Crippen LogP contribution in [0.25, 0.3) is 5.65 Å². The number of thioether (sulfide) groups is 1. The number of nitrogens with one attached hydrogen (secondary N) is 1. The molecule has 7 nitrogen and oxygen atoms in total. The number of carbonyl (C=O) groups excluding carboxylic acids is 1. The highest BCUT2D eigenvalue weighted by Gasteiger charge is 2.12. The van der Waals surface area contributed by atoms with Crippen LogP contribution >= 0.6 is 39.0 Å². The van der Waals surface area contributed by atoms with Gasteiger partial charge in [0, 0.05) is 28.1 Å². The lowest BCUT2D eigenvalue weighted by molar-refractivity contribution is 0.102. The zero-order chi connectivity index (χ0) is 20.4. The van der Waals surface area contributed by atoms with Gasteiger partial charge < -0.3 is 0 Å². The second-order valence-corrected chi connectivity index (χ2v) is 9.21. The number of nitrogens with zero attached hydrogens (tertiary/aromatic N) is 4. The maximum atomic E-state index is 12.3. The van der Waals surface area contributed by atoms with Crippen molar-refractivity contribution in [2.75, 3.05) is 5.32 Å². The first kappa shape index (κ1) is 19.7. The summed E-state index contributed by atoms with van der Waals surface area (Å²) in [7, 11) is 0. The number of amides is 1. The van der Waals surface area contributed by atoms with E-state index in [0.29, 0.717) is 32.1 Å². The molecule has 0 bridgehead atoms. The van der Waals surface area contributed by atoms with Crippen molar-refractivity contribution in [3.05, 3.63) is 80.3 Å². The number of benzene rings is 1. The van der Waals surface area contributed by atoms with Crippen molar-refractivity contribution in [3.63, 3.8) is 0 Å². The van der Waals surface area contributed by atoms with E-state index in [2.05, 4.69) is 36.4 Å². The molecule has 146 valence electrons. The highest BCUT2D eigenvalue weighted by atomic mass is 79.9. The van der Waals surface area contributed by atoms with Crippen LogP contribution in [0.15, 0.2) is 62.3 Å². The third kappa shape index (κ3) is 4.55. The molecule has 0 fully saturated rings. The molecule has 0 atom stereocenters. The van der Waals surface area contributed by atoms with Crippen LogP contribution in [0.5, 0.6) is 0 Å². The van der Waals surface area contributed by atoms with Crippen molar-refractivity contribution in [2.24, 2.45) is 0 Å². The van der Waals surface area contributed by atoms with Gasteiger partial charge in [-0.05, 0) is 36.8 Å². The van der Waals surface area contributed by atoms with Crippen LogP contribution in [0, 0.1) is 6.92 Å². The van der Waals surface area contributed by atoms with E-state index in [4.69, 9.17) is 0 Å². The van der Waals surface area contributed by atoms with Crippen molar-refractivity contribution in [1.29, 1.82) is 0 Å². The van der Waals surface area contributed by atoms with Gasteiger partial charge in [-0.2, -0.15) is 0 Å². The Morgan fingerprint density at radius 1 is 1.24 bits per heavy atom. The summed E-state index contributed by atoms with van der Waals surface area (Å²) >= 11 is 6.04. The van der Waals surface area contributed by atoms with Crippen molar-refractivity contribution in [2.45, 2.75) is 17.0 Å². The Balaban J connectivity index is 1.45. The first-order valence-electron chi connectivity index (χ1n) is 8.51. The molecule has 0 saturated carbocycles. The molecule has 1 N–H and O–H groups in total. The molecule has 0 aliphatic heterocycles. The van der Waals surface area contributed by atoms with Gasteiger partial charge in [-0.3, -0.25) is 19.3 Å². The fourth-order valence-electron chi connectivity index (χ4n) is 2.64. The molecule has 29 heavy (non-hydrogen) atoms. The lowest BCUT2D eigenvalue weighted by Gasteiger charge is -2.05. The number of pyridine rings is 1. The van der Waals surface area contributed by atoms with Crippen molar-refractivity contribution < 1.29 is 4.79 Å². The Labute approximate surface area is 182 Å². The molecule has 3 aromatic heterocycles. The monoisotopic (exact) mass is 487 g/mol. The van der Waals surface area contributed by atoms with Gasteiger partial charge in [0.05, 0.1) is 5.69 Å². The van der Waals surface area contributed by atoms with Gasteiger partial charge in [-0.25, -0.2) is 4.98 Å². The number of fused-ring (bicyclic) bond motifs is 1. The number of hydrogen-bond donors (Lipinski definition) is 1. The Hall–Kier alpha value is -2.56. The molecule has 4 aromatic rings. The lowest BCUT2D eigenvalue weighted by Crippen LogP contribution is -2.15. The second kappa shape index (κ2) is 8.44. The summed E-state index contributed by atoms with van der Waals surface area (Å²) in [6, 6.07) is 12.4. The van der Waals surface area contributed by atoms with E-state index >= 15 is 0 Å². The molecule has 0 radical (unpaired) electrons. The molecule has 0 spiro atoms. The first-order chi connectivity index (χ1) is 14.0. The van der Waals surface area contributed by atoms with E-state index < -0.39 is 0 Å². The molecule has 3 heterocycles. The smallest absolute Gasteiger partial charge is 0.258 e. The molecular formula is C19H14BrN5O2S2. The van der Waals surface area contributed by atoms with Gasteiger partial charge in [0.1, 0.15) is 5.65 Å². The zero-order valence-electron chi connectivity index (χ0n) is 15.1. The lowest BCUT2D eigenvalue weighted by atomic mass is 10.2. The zero-order valence-corrected chi connectivity index (χ0v) is 18.3. The molecule has 0 aliphatic carbocycles. The fraction of sp³-hybridized carbons (Fsp3) is 0.105. The Bertz CT molecular complexity index is 1270. The van der Waals surface area contributed by atoms with Crippen LogP contribution in [0.4, 0.5) is 5.13 Å². The Morgan fingerprint density at radius 2 is 2.10 bits per heavy atom. The van der Waals surface area contributed by atoms with Gasteiger partial charge >= 0.3 is 0 Å². The number of anilines is 1. The Kier molecular flexibility index (Phi) is 5.74. The third-order valence-electron chi connectivity index (χ3n) is 4.00. The van der Waals surface area contributed by atoms with Crippen LogP contribution in [-0.2, 0) is 5.75 Å². The minimum Gasteiger partial charge on any atom is -0.296 e. The standard InChI is InChI=1S/C19H14BrN5O2S2/c1-11-4-3-7-25-15(26)9-14(21-16(11)25)10-28-19-24-23-18(29-19)22-17(27)12-5-2-6-13(20)8-12/h2-9H,10H2,1H3,(H,22,23,27). The van der Waals surface area contributed by atoms with Crippen LogP contribution in [-0.4, -0.2) is 25.5 Å². The average Bonchev–Trinajstić information content (AvgIpc) is 3.14. The SMILES string of the molecule is Cc1cccn2c(=O)cc(CSc3nnc(NC(=O)c4cccc(Br)c4)s3)nc12. The van der Waals surface area contributed by atoms with Crippen molar-refractivity contribution in [1.82, 2.24) is 19.6 Å². The number of halogens is 1. The van der Waals surface area contributed by atoms with Gasteiger partial charge in [0.25, 0.3) is 11.5 Å². The maximum absolute atomic E-state index is 12.3. The molecular weight excluding hydrogens is 474 g/mol. The Morgan fingerprint density at radius 3 is 2.93 bits per heavy atom. The van der Waals surface area contributed by atoms with E-state index in [9.17, 15) is 9.59 Å². The van der Waals surface area contributed by atoms with Crippen LogP contribution in [0.2, 0.25) is 0 Å². The van der Waals surface area contributed by atoms with Gasteiger partial charge in [0.15, 0.2) is 4.34 Å². The van der Waals surface area contributed by atoms with Crippen LogP contribution in [0.1, 0.15) is 21.6 Å². The minimum absolute atomic E-state index is 0.117. The molecule has 4 rings (SSSR count). The summed E-state index contributed by atoms with van der Waals surface area (Å²) in [4.78, 5) is 29.2. The quantitative estimate of drug-likeness (QED) is 0.335. The number of carbonyl (C=O) groups is 1. The molecule has 10 heteroatoms. The van der Waals surface area contributed by atoms with Gasteiger partial charge in [0.2, 0.25) is 5.13 Å². The van der Waals surface area contributed by atoms with Gasteiger partial charge in [-0.1, -0.05) is 51.2 Å². The fourth-order valence-corrected chi connectivity index (χ4v) is 4.67. The molecule has 1 aromatic carbocycles. The van der Waals surface area contributed by atoms with Gasteiger partial charge in [-0.15, -0.1) is 10.2 Å². The first-order valence-corrected chi connectivity index (χ1v) is 11.1. The number of hydrogen-bond acceptors (Lipinski definition) is 7. The summed E-state index contributed by atoms with van der Waals surface area (Å²) in [5.74, 6) is 0.229. The third-order valence-corrected chi connectivity index (χ3v) is 6.50. The predicted octanol–water partition coefficient (Wildman–Crippen LogP) is 4.16. The number of rotatable bonds is 5. The predicted molar refractivity (Wildman–Crippen MR) is 118 cm³/mol. The molecule has 0 saturated heterocycles. The molecule has 0 unspecified atom stereocenters. The summed E-state index contributed by atoms with van der Waals surface area (Å²) in [5.41, 5.74) is 2.66. The normalized spacial score (nSPS) is 11.0. The summed E-state index contributed by atoms with van der Waals surface area (Å²) in [5, 5.41) is 11.3.